The minimum absolute atomic E-state index is 0. The van der Waals surface area contributed by atoms with Gasteiger partial charge in [0.25, 0.3) is 0 Å². The van der Waals surface area contributed by atoms with Crippen molar-refractivity contribution in [3.05, 3.63) is 30.3 Å². The maximum atomic E-state index is 12.0. The third-order valence-corrected chi connectivity index (χ3v) is 5.38. The van der Waals surface area contributed by atoms with Crippen molar-refractivity contribution in [2.24, 2.45) is 11.1 Å². The second-order valence-corrected chi connectivity index (χ2v) is 7.52. The molecule has 0 bridgehead atoms. The van der Waals surface area contributed by atoms with Crippen molar-refractivity contribution < 1.29 is 8.42 Å². The predicted octanol–water partition coefficient (Wildman–Crippen LogP) is 1.06. The Kier molecular flexibility index (Phi) is 6.62. The van der Waals surface area contributed by atoms with E-state index in [1.54, 1.807) is 30.3 Å². The number of halogens is 1. The van der Waals surface area contributed by atoms with Gasteiger partial charge in [0.05, 0.1) is 4.90 Å². The van der Waals surface area contributed by atoms with E-state index < -0.39 is 10.0 Å². The highest BCUT2D eigenvalue weighted by atomic mass is 35.5. The van der Waals surface area contributed by atoms with E-state index in [-0.39, 0.29) is 17.8 Å². The molecular formula is C14H24ClN3O2S. The molecule has 21 heavy (non-hydrogen) atoms. The average Bonchev–Trinajstić information content (AvgIpc) is 2.82. The van der Waals surface area contributed by atoms with Gasteiger partial charge in [-0.2, -0.15) is 0 Å². The molecule has 1 saturated heterocycles. The Morgan fingerprint density at radius 1 is 1.33 bits per heavy atom. The lowest BCUT2D eigenvalue weighted by Crippen LogP contribution is -2.36. The Balaban J connectivity index is 0.00000220. The molecule has 1 fully saturated rings. The summed E-state index contributed by atoms with van der Waals surface area (Å²) in [4.78, 5) is 2.58. The van der Waals surface area contributed by atoms with Crippen LogP contribution in [-0.4, -0.2) is 46.0 Å². The summed E-state index contributed by atoms with van der Waals surface area (Å²) < 4.78 is 26.7. The first-order valence-corrected chi connectivity index (χ1v) is 8.41. The lowest BCUT2D eigenvalue weighted by molar-refractivity contribution is 0.284. The number of nitrogens with one attached hydrogen (secondary N) is 1. The van der Waals surface area contributed by atoms with Crippen LogP contribution in [0.5, 0.6) is 0 Å². The van der Waals surface area contributed by atoms with Crippen LogP contribution in [-0.2, 0) is 10.0 Å². The van der Waals surface area contributed by atoms with Crippen molar-refractivity contribution in [1.82, 2.24) is 9.62 Å². The molecule has 0 radical (unpaired) electrons. The lowest BCUT2D eigenvalue weighted by Gasteiger charge is -2.22. The van der Waals surface area contributed by atoms with Gasteiger partial charge in [-0.3, -0.25) is 0 Å². The molecule has 3 N–H and O–H groups in total. The van der Waals surface area contributed by atoms with Crippen LogP contribution in [0.15, 0.2) is 35.2 Å². The van der Waals surface area contributed by atoms with Crippen LogP contribution in [0.1, 0.15) is 13.3 Å². The summed E-state index contributed by atoms with van der Waals surface area (Å²) in [6.45, 7) is 5.94. The molecule has 0 spiro atoms. The van der Waals surface area contributed by atoms with Gasteiger partial charge in [-0.25, -0.2) is 13.1 Å². The molecule has 1 heterocycles. The van der Waals surface area contributed by atoms with Crippen LogP contribution >= 0.6 is 12.4 Å². The van der Waals surface area contributed by atoms with Crippen molar-refractivity contribution in [2.45, 2.75) is 18.2 Å². The number of nitrogens with zero attached hydrogens (tertiary/aromatic N) is 1. The van der Waals surface area contributed by atoms with Gasteiger partial charge in [-0.15, -0.1) is 12.4 Å². The van der Waals surface area contributed by atoms with Crippen LogP contribution in [0.2, 0.25) is 0 Å². The average molecular weight is 334 g/mol. The molecule has 1 aromatic rings. The van der Waals surface area contributed by atoms with Crippen LogP contribution in [0.4, 0.5) is 0 Å². The van der Waals surface area contributed by atoms with E-state index in [0.29, 0.717) is 18.0 Å². The SMILES string of the molecule is CC1(CN)CCN(CCNS(=O)(=O)c2ccccc2)C1.Cl. The molecule has 1 aliphatic rings. The van der Waals surface area contributed by atoms with Crippen LogP contribution in [0.3, 0.4) is 0 Å². The molecule has 1 atom stereocenters. The van der Waals surface area contributed by atoms with Crippen LogP contribution < -0.4 is 10.5 Å². The van der Waals surface area contributed by atoms with E-state index in [1.165, 1.54) is 0 Å². The zero-order valence-corrected chi connectivity index (χ0v) is 13.9. The maximum absolute atomic E-state index is 12.0. The van der Waals surface area contributed by atoms with Gasteiger partial charge < -0.3 is 10.6 Å². The predicted molar refractivity (Wildman–Crippen MR) is 87.1 cm³/mol. The normalized spacial score (nSPS) is 23.0. The summed E-state index contributed by atoms with van der Waals surface area (Å²) in [6, 6.07) is 8.45. The topological polar surface area (TPSA) is 75.4 Å². The Labute approximate surface area is 133 Å². The summed E-state index contributed by atoms with van der Waals surface area (Å²) in [5.41, 5.74) is 5.94. The molecule has 0 aliphatic carbocycles. The smallest absolute Gasteiger partial charge is 0.240 e. The quantitative estimate of drug-likeness (QED) is 0.816. The maximum Gasteiger partial charge on any atom is 0.240 e. The Hall–Kier alpha value is -0.660. The monoisotopic (exact) mass is 333 g/mol. The van der Waals surface area contributed by atoms with Crippen molar-refractivity contribution in [3.8, 4) is 0 Å². The molecule has 0 aromatic heterocycles. The van der Waals surface area contributed by atoms with E-state index in [1.807, 2.05) is 0 Å². The van der Waals surface area contributed by atoms with Crippen molar-refractivity contribution in [1.29, 1.82) is 0 Å². The minimum atomic E-state index is -3.39. The molecule has 0 amide bonds. The fraction of sp³-hybridized carbons (Fsp3) is 0.571. The van der Waals surface area contributed by atoms with Gasteiger partial charge in [0.2, 0.25) is 10.0 Å². The van der Waals surface area contributed by atoms with Gasteiger partial charge in [0, 0.05) is 19.6 Å². The van der Waals surface area contributed by atoms with Gasteiger partial charge in [-0.05, 0) is 37.1 Å². The number of likely N-dealkylation sites (tertiary alicyclic amines) is 1. The lowest BCUT2D eigenvalue weighted by atomic mass is 9.90. The second-order valence-electron chi connectivity index (χ2n) is 5.75. The highest BCUT2D eigenvalue weighted by Crippen LogP contribution is 2.27. The minimum Gasteiger partial charge on any atom is -0.330 e. The highest BCUT2D eigenvalue weighted by molar-refractivity contribution is 7.89. The molecule has 0 saturated carbocycles. The van der Waals surface area contributed by atoms with Gasteiger partial charge in [0.15, 0.2) is 0 Å². The van der Waals surface area contributed by atoms with E-state index in [4.69, 9.17) is 5.73 Å². The molecule has 120 valence electrons. The Morgan fingerprint density at radius 3 is 2.57 bits per heavy atom. The summed E-state index contributed by atoms with van der Waals surface area (Å²) >= 11 is 0. The Morgan fingerprint density at radius 2 is 2.00 bits per heavy atom. The number of hydrogen-bond donors (Lipinski definition) is 2. The molecule has 7 heteroatoms. The molecule has 1 aromatic carbocycles. The number of hydrogen-bond acceptors (Lipinski definition) is 4. The van der Waals surface area contributed by atoms with E-state index in [2.05, 4.69) is 16.5 Å². The second kappa shape index (κ2) is 7.56. The third kappa shape index (κ3) is 4.93. The highest BCUT2D eigenvalue weighted by Gasteiger charge is 2.32. The van der Waals surface area contributed by atoms with Crippen molar-refractivity contribution in [3.63, 3.8) is 0 Å². The number of benzene rings is 1. The first kappa shape index (κ1) is 18.4. The van der Waals surface area contributed by atoms with Crippen molar-refractivity contribution in [2.75, 3.05) is 32.7 Å². The standard InChI is InChI=1S/C14H23N3O2S.ClH/c1-14(11-15)7-9-17(12-14)10-8-16-20(18,19)13-5-3-2-4-6-13;/h2-6,16H,7-12,15H2,1H3;1H. The number of sulfonamides is 1. The molecule has 1 unspecified atom stereocenters. The largest absolute Gasteiger partial charge is 0.330 e. The van der Waals surface area contributed by atoms with Crippen LogP contribution in [0.25, 0.3) is 0 Å². The van der Waals surface area contributed by atoms with Crippen LogP contribution in [0, 0.1) is 5.41 Å². The molecular weight excluding hydrogens is 310 g/mol. The summed E-state index contributed by atoms with van der Waals surface area (Å²) in [5.74, 6) is 0. The summed E-state index contributed by atoms with van der Waals surface area (Å²) in [5, 5.41) is 0. The van der Waals surface area contributed by atoms with Gasteiger partial charge in [0.1, 0.15) is 0 Å². The molecule has 1 aliphatic heterocycles. The summed E-state index contributed by atoms with van der Waals surface area (Å²) in [7, 11) is -3.39. The zero-order valence-electron chi connectivity index (χ0n) is 12.3. The third-order valence-electron chi connectivity index (χ3n) is 3.90. The summed E-state index contributed by atoms with van der Waals surface area (Å²) in [6.07, 6.45) is 1.08. The Bertz CT molecular complexity index is 538. The fourth-order valence-electron chi connectivity index (χ4n) is 2.50. The van der Waals surface area contributed by atoms with E-state index in [9.17, 15) is 8.42 Å². The number of rotatable bonds is 6. The first-order chi connectivity index (χ1) is 9.45. The fourth-order valence-corrected chi connectivity index (χ4v) is 3.55. The zero-order chi connectivity index (χ0) is 14.6. The van der Waals surface area contributed by atoms with Crippen molar-refractivity contribution >= 4 is 22.4 Å². The van der Waals surface area contributed by atoms with Gasteiger partial charge in [-0.1, -0.05) is 25.1 Å². The van der Waals surface area contributed by atoms with E-state index >= 15 is 0 Å². The number of nitrogens with two attached hydrogens (primary N) is 1. The first-order valence-electron chi connectivity index (χ1n) is 6.92. The molecule has 5 nitrogen and oxygen atoms in total. The molecule has 2 rings (SSSR count). The van der Waals surface area contributed by atoms with E-state index in [0.717, 1.165) is 26.1 Å². The van der Waals surface area contributed by atoms with Gasteiger partial charge >= 0.3 is 0 Å².